The van der Waals surface area contributed by atoms with Crippen molar-refractivity contribution >= 4 is 0 Å². The van der Waals surface area contributed by atoms with E-state index in [1.54, 1.807) is 0 Å². The molecule has 1 aromatic rings. The minimum Gasteiger partial charge on any atom is -0.484 e. The molecule has 1 aromatic carbocycles. The molecular formula is C19H21NO3. The van der Waals surface area contributed by atoms with Crippen molar-refractivity contribution in [1.82, 2.24) is 4.90 Å². The zero-order valence-electron chi connectivity index (χ0n) is 13.2. The molecule has 4 heteroatoms. The normalized spacial score (nSPS) is 33.7. The summed E-state index contributed by atoms with van der Waals surface area (Å²) in [5.41, 5.74) is 5.72. The monoisotopic (exact) mass is 311 g/mol. The summed E-state index contributed by atoms with van der Waals surface area (Å²) in [6.45, 7) is 1.04. The van der Waals surface area contributed by atoms with Crippen molar-refractivity contribution in [3.8, 4) is 5.75 Å². The molecule has 2 bridgehead atoms. The lowest BCUT2D eigenvalue weighted by Crippen LogP contribution is -2.58. The summed E-state index contributed by atoms with van der Waals surface area (Å²) >= 11 is 0. The molecule has 1 fully saturated rings. The molecule has 0 radical (unpaired) electrons. The molecule has 2 N–H and O–H groups in total. The summed E-state index contributed by atoms with van der Waals surface area (Å²) < 4.78 is 6.39. The van der Waals surface area contributed by atoms with Gasteiger partial charge in [-0.25, -0.2) is 0 Å². The fourth-order valence-corrected chi connectivity index (χ4v) is 5.22. The van der Waals surface area contributed by atoms with Gasteiger partial charge in [0.15, 0.2) is 0 Å². The second-order valence-electron chi connectivity index (χ2n) is 7.19. The highest BCUT2D eigenvalue weighted by atomic mass is 16.5. The molecule has 2 heterocycles. The topological polar surface area (TPSA) is 52.9 Å². The van der Waals surface area contributed by atoms with Crippen LogP contribution in [0.15, 0.2) is 35.4 Å². The van der Waals surface area contributed by atoms with Crippen molar-refractivity contribution in [3.05, 3.63) is 52.1 Å². The molecule has 3 atom stereocenters. The Kier molecular flexibility index (Phi) is 2.68. The van der Waals surface area contributed by atoms with Crippen molar-refractivity contribution < 1.29 is 14.9 Å². The molecule has 23 heavy (non-hydrogen) atoms. The van der Waals surface area contributed by atoms with Gasteiger partial charge in [0.1, 0.15) is 11.9 Å². The Labute approximate surface area is 135 Å². The zero-order valence-corrected chi connectivity index (χ0v) is 13.2. The summed E-state index contributed by atoms with van der Waals surface area (Å²) in [5, 5.41) is 19.6. The predicted octanol–water partition coefficient (Wildman–Crippen LogP) is 1.30. The number of aliphatic hydroxyl groups excluding tert-OH is 2. The van der Waals surface area contributed by atoms with E-state index in [4.69, 9.17) is 4.74 Å². The van der Waals surface area contributed by atoms with Crippen LogP contribution in [0.5, 0.6) is 5.75 Å². The van der Waals surface area contributed by atoms with Crippen LogP contribution in [0.4, 0.5) is 0 Å². The predicted molar refractivity (Wildman–Crippen MR) is 86.4 cm³/mol. The van der Waals surface area contributed by atoms with Gasteiger partial charge in [0, 0.05) is 17.2 Å². The van der Waals surface area contributed by atoms with Gasteiger partial charge in [-0.15, -0.1) is 0 Å². The highest BCUT2D eigenvalue weighted by Crippen LogP contribution is 2.61. The van der Waals surface area contributed by atoms with Crippen LogP contribution in [0.3, 0.4) is 0 Å². The molecular weight excluding hydrogens is 290 g/mol. The van der Waals surface area contributed by atoms with Crippen LogP contribution in [0.2, 0.25) is 0 Å². The molecule has 0 amide bonds. The molecule has 4 nitrogen and oxygen atoms in total. The molecule has 0 saturated carbocycles. The van der Waals surface area contributed by atoms with Gasteiger partial charge < -0.3 is 14.9 Å². The fraction of sp³-hybridized carbons (Fsp3) is 0.474. The van der Waals surface area contributed by atoms with E-state index in [0.29, 0.717) is 6.04 Å². The number of likely N-dealkylation sites (tertiary alicyclic amines) is 1. The Morgan fingerprint density at radius 1 is 1.26 bits per heavy atom. The largest absolute Gasteiger partial charge is 0.484 e. The standard InChI is InChI=1S/C19H21NO3/c1-20-7-6-19-14-5-4-13(10-22)18(19)23-17-12(9-21)3-2-11(16(17)19)8-15(14)20/h2-5,15,18,21-22H,6-10H2,1H3. The van der Waals surface area contributed by atoms with Gasteiger partial charge in [-0.05, 0) is 43.1 Å². The maximum absolute atomic E-state index is 9.83. The maximum Gasteiger partial charge on any atom is 0.136 e. The van der Waals surface area contributed by atoms with Crippen molar-refractivity contribution in [2.75, 3.05) is 20.2 Å². The minimum absolute atomic E-state index is 0.00797. The Bertz CT molecular complexity index is 766. The van der Waals surface area contributed by atoms with E-state index >= 15 is 0 Å². The SMILES string of the molecule is CN1CCC23C4=CC=C(CO)C2Oc2c(CO)ccc(c23)CC41. The number of piperidine rings is 1. The molecule has 2 aliphatic carbocycles. The summed E-state index contributed by atoms with van der Waals surface area (Å²) in [6.07, 6.45) is 6.14. The Morgan fingerprint density at radius 2 is 2.13 bits per heavy atom. The van der Waals surface area contributed by atoms with Crippen LogP contribution in [-0.2, 0) is 18.4 Å². The van der Waals surface area contributed by atoms with Gasteiger partial charge in [-0.1, -0.05) is 24.3 Å². The van der Waals surface area contributed by atoms with Crippen molar-refractivity contribution in [3.63, 3.8) is 0 Å². The van der Waals surface area contributed by atoms with E-state index in [9.17, 15) is 10.2 Å². The van der Waals surface area contributed by atoms with E-state index in [2.05, 4.69) is 24.1 Å². The maximum atomic E-state index is 9.83. The molecule has 2 aliphatic heterocycles. The third-order valence-corrected chi connectivity index (χ3v) is 6.30. The number of aliphatic hydroxyl groups is 2. The van der Waals surface area contributed by atoms with Gasteiger partial charge in [-0.2, -0.15) is 0 Å². The van der Waals surface area contributed by atoms with Crippen LogP contribution < -0.4 is 4.74 Å². The number of benzene rings is 1. The lowest BCUT2D eigenvalue weighted by atomic mass is 9.56. The Balaban J connectivity index is 1.84. The first-order chi connectivity index (χ1) is 11.2. The third kappa shape index (κ3) is 1.47. The molecule has 1 saturated heterocycles. The van der Waals surface area contributed by atoms with E-state index in [1.807, 2.05) is 12.1 Å². The molecule has 1 spiro atoms. The van der Waals surface area contributed by atoms with Crippen molar-refractivity contribution in [2.45, 2.75) is 37.0 Å². The number of allylic oxidation sites excluding steroid dienone is 2. The Morgan fingerprint density at radius 3 is 2.91 bits per heavy atom. The third-order valence-electron chi connectivity index (χ3n) is 6.30. The van der Waals surface area contributed by atoms with Gasteiger partial charge in [0.25, 0.3) is 0 Å². The van der Waals surface area contributed by atoms with Crippen LogP contribution >= 0.6 is 0 Å². The lowest BCUT2D eigenvalue weighted by molar-refractivity contribution is 0.104. The van der Waals surface area contributed by atoms with Crippen LogP contribution in [0, 0.1) is 0 Å². The molecule has 120 valence electrons. The van der Waals surface area contributed by atoms with Gasteiger partial charge >= 0.3 is 0 Å². The average molecular weight is 311 g/mol. The highest BCUT2D eigenvalue weighted by Gasteiger charge is 2.60. The van der Waals surface area contributed by atoms with Crippen molar-refractivity contribution in [2.24, 2.45) is 0 Å². The lowest BCUT2D eigenvalue weighted by Gasteiger charge is -2.53. The second-order valence-corrected chi connectivity index (χ2v) is 7.19. The Hall–Kier alpha value is -1.62. The van der Waals surface area contributed by atoms with Crippen LogP contribution in [-0.4, -0.2) is 47.5 Å². The number of hydrogen-bond acceptors (Lipinski definition) is 4. The van der Waals surface area contributed by atoms with Crippen LogP contribution in [0.25, 0.3) is 0 Å². The average Bonchev–Trinajstić information content (AvgIpc) is 2.92. The fourth-order valence-electron chi connectivity index (χ4n) is 5.22. The first-order valence-corrected chi connectivity index (χ1v) is 8.35. The number of hydrogen-bond donors (Lipinski definition) is 2. The number of nitrogens with zero attached hydrogens (tertiary/aromatic N) is 1. The number of likely N-dealkylation sites (N-methyl/N-ethyl adjacent to an activating group) is 1. The summed E-state index contributed by atoms with van der Waals surface area (Å²) in [7, 11) is 2.20. The molecule has 5 rings (SSSR count). The van der Waals surface area contributed by atoms with Gasteiger partial charge in [0.05, 0.1) is 18.6 Å². The van der Waals surface area contributed by atoms with E-state index in [-0.39, 0.29) is 24.7 Å². The highest BCUT2D eigenvalue weighted by molar-refractivity contribution is 5.66. The number of ether oxygens (including phenoxy) is 1. The van der Waals surface area contributed by atoms with Crippen molar-refractivity contribution in [1.29, 1.82) is 0 Å². The van der Waals surface area contributed by atoms with E-state index in [1.165, 1.54) is 16.7 Å². The van der Waals surface area contributed by atoms with Gasteiger partial charge in [-0.3, -0.25) is 4.90 Å². The summed E-state index contributed by atoms with van der Waals surface area (Å²) in [5.74, 6) is 0.866. The summed E-state index contributed by atoms with van der Waals surface area (Å²) in [4.78, 5) is 2.44. The van der Waals surface area contributed by atoms with E-state index in [0.717, 1.165) is 36.3 Å². The van der Waals surface area contributed by atoms with E-state index < -0.39 is 0 Å². The second kappa shape index (κ2) is 4.47. The molecule has 0 aromatic heterocycles. The first-order valence-electron chi connectivity index (χ1n) is 8.35. The van der Waals surface area contributed by atoms with Crippen LogP contribution in [0.1, 0.15) is 23.1 Å². The zero-order chi connectivity index (χ0) is 15.8. The smallest absolute Gasteiger partial charge is 0.136 e. The first kappa shape index (κ1) is 13.8. The quantitative estimate of drug-likeness (QED) is 0.864. The molecule has 3 unspecified atom stereocenters. The summed E-state index contributed by atoms with van der Waals surface area (Å²) in [6, 6.07) is 4.57. The number of rotatable bonds is 2. The van der Waals surface area contributed by atoms with Gasteiger partial charge in [0.2, 0.25) is 0 Å². The minimum atomic E-state index is -0.141. The molecule has 4 aliphatic rings.